The lowest BCUT2D eigenvalue weighted by atomic mass is 10.2. The zero-order valence-electron chi connectivity index (χ0n) is 16.5. The Morgan fingerprint density at radius 2 is 1.75 bits per heavy atom. The number of carbonyl (C=O) groups excluding carboxylic acids is 1. The topological polar surface area (TPSA) is 44.8 Å². The van der Waals surface area contributed by atoms with E-state index in [0.717, 1.165) is 50.5 Å². The van der Waals surface area contributed by atoms with Gasteiger partial charge in [0.1, 0.15) is 5.75 Å². The van der Waals surface area contributed by atoms with Gasteiger partial charge in [0.25, 0.3) is 0 Å². The third kappa shape index (κ3) is 6.13. The molecule has 2 aromatic carbocycles. The fourth-order valence-corrected chi connectivity index (χ4v) is 3.33. The molecule has 148 valence electrons. The quantitative estimate of drug-likeness (QED) is 0.566. The van der Waals surface area contributed by atoms with E-state index in [-0.39, 0.29) is 5.91 Å². The lowest BCUT2D eigenvalue weighted by Crippen LogP contribution is -2.47. The molecule has 0 aliphatic carbocycles. The Morgan fingerprint density at radius 1 is 1.04 bits per heavy atom. The van der Waals surface area contributed by atoms with Gasteiger partial charge in [-0.15, -0.1) is 0 Å². The van der Waals surface area contributed by atoms with Crippen molar-refractivity contribution >= 4 is 17.7 Å². The number of ether oxygens (including phenoxy) is 1. The minimum atomic E-state index is -0.0341. The Labute approximate surface area is 167 Å². The molecule has 0 spiro atoms. The number of carbonyl (C=O) groups is 1. The number of nitrogens with one attached hydrogen (secondary N) is 1. The van der Waals surface area contributed by atoms with Crippen LogP contribution >= 0.6 is 0 Å². The minimum absolute atomic E-state index is 0.0341. The molecular formula is C23H29N3O2. The Morgan fingerprint density at radius 3 is 2.43 bits per heavy atom. The summed E-state index contributed by atoms with van der Waals surface area (Å²) in [6.07, 6.45) is 4.41. The van der Waals surface area contributed by atoms with Gasteiger partial charge in [-0.25, -0.2) is 0 Å². The SMILES string of the molecule is COc1ccc(N2CCN(CCCNC(=O)C=Cc3ccccc3)CC2)cc1. The van der Waals surface area contributed by atoms with E-state index < -0.39 is 0 Å². The lowest BCUT2D eigenvalue weighted by Gasteiger charge is -2.36. The number of hydrogen-bond acceptors (Lipinski definition) is 4. The van der Waals surface area contributed by atoms with E-state index >= 15 is 0 Å². The molecule has 1 N–H and O–H groups in total. The van der Waals surface area contributed by atoms with Crippen molar-refractivity contribution in [3.63, 3.8) is 0 Å². The molecule has 0 atom stereocenters. The van der Waals surface area contributed by atoms with Crippen LogP contribution in [0.1, 0.15) is 12.0 Å². The highest BCUT2D eigenvalue weighted by Gasteiger charge is 2.16. The van der Waals surface area contributed by atoms with Crippen molar-refractivity contribution in [2.24, 2.45) is 0 Å². The number of rotatable bonds is 8. The normalized spacial score (nSPS) is 15.0. The van der Waals surface area contributed by atoms with E-state index in [1.54, 1.807) is 13.2 Å². The lowest BCUT2D eigenvalue weighted by molar-refractivity contribution is -0.116. The van der Waals surface area contributed by atoms with Crippen molar-refractivity contribution in [1.29, 1.82) is 0 Å². The molecular weight excluding hydrogens is 350 g/mol. The van der Waals surface area contributed by atoms with Gasteiger partial charge in [-0.05, 0) is 48.9 Å². The van der Waals surface area contributed by atoms with Gasteiger partial charge in [-0.1, -0.05) is 30.3 Å². The molecule has 0 saturated carbocycles. The van der Waals surface area contributed by atoms with E-state index in [1.807, 2.05) is 48.5 Å². The van der Waals surface area contributed by atoms with Gasteiger partial charge in [0.2, 0.25) is 5.91 Å². The van der Waals surface area contributed by atoms with Crippen LogP contribution in [0.25, 0.3) is 6.08 Å². The molecule has 2 aromatic rings. The molecule has 0 unspecified atom stereocenters. The zero-order valence-corrected chi connectivity index (χ0v) is 16.5. The van der Waals surface area contributed by atoms with Crippen molar-refractivity contribution < 1.29 is 9.53 Å². The van der Waals surface area contributed by atoms with Crippen LogP contribution in [0.4, 0.5) is 5.69 Å². The molecule has 5 nitrogen and oxygen atoms in total. The maximum atomic E-state index is 11.9. The molecule has 1 saturated heterocycles. The summed E-state index contributed by atoms with van der Waals surface area (Å²) in [4.78, 5) is 16.8. The molecule has 1 heterocycles. The summed E-state index contributed by atoms with van der Waals surface area (Å²) in [5.41, 5.74) is 2.28. The standard InChI is InChI=1S/C23H29N3O2/c1-28-22-11-9-21(10-12-22)26-18-16-25(17-19-26)15-5-14-24-23(27)13-8-20-6-3-2-4-7-20/h2-4,6-13H,5,14-19H2,1H3,(H,24,27). The molecule has 28 heavy (non-hydrogen) atoms. The average Bonchev–Trinajstić information content (AvgIpc) is 2.76. The molecule has 0 bridgehead atoms. The highest BCUT2D eigenvalue weighted by atomic mass is 16.5. The van der Waals surface area contributed by atoms with Crippen LogP contribution in [0, 0.1) is 0 Å². The van der Waals surface area contributed by atoms with Crippen molar-refractivity contribution in [2.75, 3.05) is 51.3 Å². The van der Waals surface area contributed by atoms with E-state index in [1.165, 1.54) is 5.69 Å². The largest absolute Gasteiger partial charge is 0.497 e. The third-order valence-corrected chi connectivity index (χ3v) is 4.99. The summed E-state index contributed by atoms with van der Waals surface area (Å²) >= 11 is 0. The van der Waals surface area contributed by atoms with Crippen molar-refractivity contribution in [1.82, 2.24) is 10.2 Å². The van der Waals surface area contributed by atoms with Crippen LogP contribution < -0.4 is 15.0 Å². The average molecular weight is 380 g/mol. The molecule has 1 aliphatic heterocycles. The molecule has 5 heteroatoms. The first-order chi connectivity index (χ1) is 13.7. The number of amides is 1. The Balaban J connectivity index is 1.31. The first-order valence-corrected chi connectivity index (χ1v) is 9.87. The van der Waals surface area contributed by atoms with Gasteiger partial charge >= 0.3 is 0 Å². The number of methoxy groups -OCH3 is 1. The van der Waals surface area contributed by atoms with Crippen molar-refractivity contribution in [2.45, 2.75) is 6.42 Å². The van der Waals surface area contributed by atoms with Crippen LogP contribution in [-0.4, -0.2) is 57.2 Å². The number of anilines is 1. The molecule has 1 amide bonds. The fraction of sp³-hybridized carbons (Fsp3) is 0.348. The Kier molecular flexibility index (Phi) is 7.50. The number of nitrogens with zero attached hydrogens (tertiary/aromatic N) is 2. The maximum Gasteiger partial charge on any atom is 0.243 e. The van der Waals surface area contributed by atoms with Gasteiger partial charge in [-0.3, -0.25) is 9.69 Å². The Hall–Kier alpha value is -2.79. The van der Waals surface area contributed by atoms with Crippen molar-refractivity contribution in [3.8, 4) is 5.75 Å². The smallest absolute Gasteiger partial charge is 0.243 e. The molecule has 1 aliphatic rings. The highest BCUT2D eigenvalue weighted by Crippen LogP contribution is 2.20. The zero-order chi connectivity index (χ0) is 19.6. The third-order valence-electron chi connectivity index (χ3n) is 4.99. The molecule has 0 aromatic heterocycles. The van der Waals surface area contributed by atoms with Crippen LogP contribution in [0.3, 0.4) is 0 Å². The van der Waals surface area contributed by atoms with Crippen LogP contribution in [-0.2, 0) is 4.79 Å². The van der Waals surface area contributed by atoms with Gasteiger partial charge < -0.3 is 15.0 Å². The molecule has 0 radical (unpaired) electrons. The van der Waals surface area contributed by atoms with Crippen LogP contribution in [0.15, 0.2) is 60.7 Å². The van der Waals surface area contributed by atoms with Gasteiger partial charge in [0.05, 0.1) is 7.11 Å². The summed E-state index contributed by atoms with van der Waals surface area (Å²) < 4.78 is 5.22. The van der Waals surface area contributed by atoms with Crippen LogP contribution in [0.2, 0.25) is 0 Å². The molecule has 3 rings (SSSR count). The first-order valence-electron chi connectivity index (χ1n) is 9.87. The highest BCUT2D eigenvalue weighted by molar-refractivity contribution is 5.91. The van der Waals surface area contributed by atoms with E-state index in [4.69, 9.17) is 4.74 Å². The van der Waals surface area contributed by atoms with E-state index in [2.05, 4.69) is 27.2 Å². The Bertz CT molecular complexity index is 751. The summed E-state index contributed by atoms with van der Waals surface area (Å²) in [6.45, 7) is 5.87. The minimum Gasteiger partial charge on any atom is -0.497 e. The van der Waals surface area contributed by atoms with E-state index in [9.17, 15) is 4.79 Å². The van der Waals surface area contributed by atoms with Gasteiger partial charge in [0.15, 0.2) is 0 Å². The van der Waals surface area contributed by atoms with Crippen molar-refractivity contribution in [3.05, 3.63) is 66.2 Å². The number of piperazine rings is 1. The van der Waals surface area contributed by atoms with Gasteiger partial charge in [-0.2, -0.15) is 0 Å². The second-order valence-corrected chi connectivity index (χ2v) is 6.92. The summed E-state index contributed by atoms with van der Waals surface area (Å²) in [7, 11) is 1.69. The summed E-state index contributed by atoms with van der Waals surface area (Å²) in [6, 6.07) is 18.1. The summed E-state index contributed by atoms with van der Waals surface area (Å²) in [5, 5.41) is 2.96. The van der Waals surface area contributed by atoms with Crippen LogP contribution in [0.5, 0.6) is 5.75 Å². The fourth-order valence-electron chi connectivity index (χ4n) is 3.33. The maximum absolute atomic E-state index is 11.9. The molecule has 1 fully saturated rings. The second kappa shape index (κ2) is 10.5. The second-order valence-electron chi connectivity index (χ2n) is 6.92. The summed E-state index contributed by atoms with van der Waals surface area (Å²) in [5.74, 6) is 0.858. The monoisotopic (exact) mass is 379 g/mol. The van der Waals surface area contributed by atoms with Gasteiger partial charge in [0, 0.05) is 44.5 Å². The number of benzene rings is 2. The number of hydrogen-bond donors (Lipinski definition) is 1. The van der Waals surface area contributed by atoms with E-state index in [0.29, 0.717) is 6.54 Å². The first kappa shape index (κ1) is 20.0. The predicted molar refractivity (Wildman–Crippen MR) is 115 cm³/mol. The predicted octanol–water partition coefficient (Wildman–Crippen LogP) is 3.04.